The molecule has 2 amide bonds. The second-order valence-electron chi connectivity index (χ2n) is 9.93. The van der Waals surface area contributed by atoms with Crippen LogP contribution in [0.25, 0.3) is 0 Å². The van der Waals surface area contributed by atoms with Gasteiger partial charge < -0.3 is 19.7 Å². The molecular formula is C32H41N3O6S. The van der Waals surface area contributed by atoms with E-state index < -0.39 is 28.5 Å². The molecule has 3 aromatic rings. The molecule has 42 heavy (non-hydrogen) atoms. The van der Waals surface area contributed by atoms with Crippen molar-refractivity contribution < 1.29 is 27.5 Å². The van der Waals surface area contributed by atoms with E-state index in [2.05, 4.69) is 5.32 Å². The van der Waals surface area contributed by atoms with Crippen LogP contribution >= 0.6 is 0 Å². The standard InChI is InChI=1S/C32H41N3O6S/c1-6-24(3)33-32(37)28(7-2)34(21-20-25-14-10-8-11-15-25)31(36)23-35(26-16-12-9-13-17-26)42(38,39)27-18-19-29(40-4)30(22-27)41-5/h8-19,22,24,28H,6-7,20-21,23H2,1-5H3,(H,33,37)/t24-,28+/m0/s1. The number of carbonyl (C=O) groups is 2. The number of nitrogens with one attached hydrogen (secondary N) is 1. The van der Waals surface area contributed by atoms with Crippen LogP contribution < -0.4 is 19.1 Å². The van der Waals surface area contributed by atoms with Crippen LogP contribution in [0.15, 0.2) is 83.8 Å². The van der Waals surface area contributed by atoms with Crippen LogP contribution in [0.5, 0.6) is 11.5 Å². The Balaban J connectivity index is 2.02. The zero-order chi connectivity index (χ0) is 30.7. The Kier molecular flexibility index (Phi) is 11.8. The van der Waals surface area contributed by atoms with Crippen LogP contribution in [0.1, 0.15) is 39.2 Å². The number of ether oxygens (including phenoxy) is 2. The number of anilines is 1. The quantitative estimate of drug-likeness (QED) is 0.274. The summed E-state index contributed by atoms with van der Waals surface area (Å²) < 4.78 is 39.8. The van der Waals surface area contributed by atoms with E-state index in [0.29, 0.717) is 24.3 Å². The van der Waals surface area contributed by atoms with Gasteiger partial charge in [0.2, 0.25) is 11.8 Å². The predicted octanol–water partition coefficient (Wildman–Crippen LogP) is 4.66. The molecule has 3 rings (SSSR count). The molecule has 0 aromatic heterocycles. The van der Waals surface area contributed by atoms with Crippen molar-refractivity contribution in [3.05, 3.63) is 84.4 Å². The molecule has 0 aliphatic heterocycles. The largest absolute Gasteiger partial charge is 0.493 e. The first kappa shape index (κ1) is 32.5. The molecule has 0 aliphatic carbocycles. The third-order valence-corrected chi connectivity index (χ3v) is 8.91. The first-order valence-electron chi connectivity index (χ1n) is 14.1. The van der Waals surface area contributed by atoms with Crippen molar-refractivity contribution in [2.75, 3.05) is 31.6 Å². The van der Waals surface area contributed by atoms with Gasteiger partial charge in [-0.05, 0) is 56.0 Å². The number of methoxy groups -OCH3 is 2. The summed E-state index contributed by atoms with van der Waals surface area (Å²) in [4.78, 5) is 28.9. The second kappa shape index (κ2) is 15.3. The molecule has 0 fully saturated rings. The van der Waals surface area contributed by atoms with E-state index in [0.717, 1.165) is 16.3 Å². The van der Waals surface area contributed by atoms with E-state index in [9.17, 15) is 18.0 Å². The number of nitrogens with zero attached hydrogens (tertiary/aromatic N) is 2. The predicted molar refractivity (Wildman–Crippen MR) is 164 cm³/mol. The van der Waals surface area contributed by atoms with Crippen LogP contribution in [0.4, 0.5) is 5.69 Å². The first-order chi connectivity index (χ1) is 20.2. The van der Waals surface area contributed by atoms with E-state index in [4.69, 9.17) is 9.47 Å². The molecule has 226 valence electrons. The Labute approximate surface area is 249 Å². The number of benzene rings is 3. The lowest BCUT2D eigenvalue weighted by Crippen LogP contribution is -2.54. The number of sulfonamides is 1. The number of amides is 2. The minimum atomic E-state index is -4.23. The van der Waals surface area contributed by atoms with Gasteiger partial charge in [-0.3, -0.25) is 13.9 Å². The third kappa shape index (κ3) is 8.03. The molecule has 2 atom stereocenters. The number of rotatable bonds is 15. The summed E-state index contributed by atoms with van der Waals surface area (Å²) >= 11 is 0. The van der Waals surface area contributed by atoms with E-state index in [1.807, 2.05) is 51.1 Å². The Morgan fingerprint density at radius 2 is 1.48 bits per heavy atom. The smallest absolute Gasteiger partial charge is 0.264 e. The Morgan fingerprint density at radius 3 is 2.05 bits per heavy atom. The molecule has 0 bridgehead atoms. The lowest BCUT2D eigenvalue weighted by Gasteiger charge is -2.33. The maximum atomic E-state index is 14.1. The van der Waals surface area contributed by atoms with Crippen molar-refractivity contribution >= 4 is 27.5 Å². The van der Waals surface area contributed by atoms with Gasteiger partial charge in [0.05, 0.1) is 24.8 Å². The molecule has 3 aromatic carbocycles. The summed E-state index contributed by atoms with van der Waals surface area (Å²) in [5.74, 6) is -0.119. The van der Waals surface area contributed by atoms with Gasteiger partial charge in [-0.15, -0.1) is 0 Å². The lowest BCUT2D eigenvalue weighted by molar-refractivity contribution is -0.139. The molecule has 0 unspecified atom stereocenters. The van der Waals surface area contributed by atoms with Crippen LogP contribution in [-0.2, 0) is 26.0 Å². The Hall–Kier alpha value is -4.05. The second-order valence-corrected chi connectivity index (χ2v) is 11.8. The molecule has 0 saturated heterocycles. The summed E-state index contributed by atoms with van der Waals surface area (Å²) in [5.41, 5.74) is 1.33. The molecule has 0 radical (unpaired) electrons. The van der Waals surface area contributed by atoms with Crippen LogP contribution in [0.3, 0.4) is 0 Å². The minimum Gasteiger partial charge on any atom is -0.493 e. The highest BCUT2D eigenvalue weighted by Gasteiger charge is 2.34. The highest BCUT2D eigenvalue weighted by Crippen LogP contribution is 2.32. The van der Waals surface area contributed by atoms with Crippen molar-refractivity contribution in [3.8, 4) is 11.5 Å². The maximum Gasteiger partial charge on any atom is 0.264 e. The van der Waals surface area contributed by atoms with Gasteiger partial charge in [-0.2, -0.15) is 0 Å². The normalized spacial score (nSPS) is 12.6. The molecule has 9 nitrogen and oxygen atoms in total. The fourth-order valence-corrected chi connectivity index (χ4v) is 5.99. The van der Waals surface area contributed by atoms with Crippen LogP contribution in [0.2, 0.25) is 0 Å². The molecule has 1 N–H and O–H groups in total. The average Bonchev–Trinajstić information content (AvgIpc) is 3.01. The molecule has 10 heteroatoms. The fraction of sp³-hybridized carbons (Fsp3) is 0.375. The van der Waals surface area contributed by atoms with Gasteiger partial charge in [0.1, 0.15) is 12.6 Å². The van der Waals surface area contributed by atoms with Gasteiger partial charge >= 0.3 is 0 Å². The highest BCUT2D eigenvalue weighted by molar-refractivity contribution is 7.92. The first-order valence-corrected chi connectivity index (χ1v) is 15.5. The minimum absolute atomic E-state index is 0.0609. The highest BCUT2D eigenvalue weighted by atomic mass is 32.2. The van der Waals surface area contributed by atoms with Crippen molar-refractivity contribution in [1.82, 2.24) is 10.2 Å². The van der Waals surface area contributed by atoms with Gasteiger partial charge in [0, 0.05) is 18.7 Å². The zero-order valence-corrected chi connectivity index (χ0v) is 25.8. The van der Waals surface area contributed by atoms with E-state index >= 15 is 0 Å². The summed E-state index contributed by atoms with van der Waals surface area (Å²) in [7, 11) is -1.35. The number of hydrogen-bond donors (Lipinski definition) is 1. The van der Waals surface area contributed by atoms with Crippen LogP contribution in [0, 0.1) is 0 Å². The third-order valence-electron chi connectivity index (χ3n) is 7.14. The van der Waals surface area contributed by atoms with Crippen LogP contribution in [-0.4, -0.2) is 64.5 Å². The van der Waals surface area contributed by atoms with Crippen molar-refractivity contribution in [1.29, 1.82) is 0 Å². The molecule has 0 spiro atoms. The molecular weight excluding hydrogens is 554 g/mol. The summed E-state index contributed by atoms with van der Waals surface area (Å²) in [6, 6.07) is 21.6. The topological polar surface area (TPSA) is 105 Å². The summed E-state index contributed by atoms with van der Waals surface area (Å²) in [6.07, 6.45) is 1.62. The maximum absolute atomic E-state index is 14.1. The van der Waals surface area contributed by atoms with E-state index in [1.54, 1.807) is 30.3 Å². The van der Waals surface area contributed by atoms with Crippen molar-refractivity contribution in [2.24, 2.45) is 0 Å². The van der Waals surface area contributed by atoms with Gasteiger partial charge in [-0.25, -0.2) is 8.42 Å². The van der Waals surface area contributed by atoms with E-state index in [-0.39, 0.29) is 29.1 Å². The lowest BCUT2D eigenvalue weighted by atomic mass is 10.1. The SMILES string of the molecule is CC[C@H](C(=O)N[C@@H](C)CC)N(CCc1ccccc1)C(=O)CN(c1ccccc1)S(=O)(=O)c1ccc(OC)c(OC)c1. The Morgan fingerprint density at radius 1 is 0.857 bits per heavy atom. The van der Waals surface area contributed by atoms with Crippen molar-refractivity contribution in [2.45, 2.75) is 57.0 Å². The monoisotopic (exact) mass is 595 g/mol. The average molecular weight is 596 g/mol. The van der Waals surface area contributed by atoms with Crippen molar-refractivity contribution in [3.63, 3.8) is 0 Å². The zero-order valence-electron chi connectivity index (χ0n) is 24.9. The summed E-state index contributed by atoms with van der Waals surface area (Å²) in [5, 5.41) is 2.99. The van der Waals surface area contributed by atoms with Gasteiger partial charge in [0.25, 0.3) is 10.0 Å². The fourth-order valence-electron chi connectivity index (χ4n) is 4.56. The number of para-hydroxylation sites is 1. The summed E-state index contributed by atoms with van der Waals surface area (Å²) in [6.45, 7) is 5.48. The number of carbonyl (C=O) groups excluding carboxylic acids is 2. The molecule has 0 saturated carbocycles. The number of hydrogen-bond acceptors (Lipinski definition) is 6. The molecule has 0 heterocycles. The van der Waals surface area contributed by atoms with Gasteiger partial charge in [0.15, 0.2) is 11.5 Å². The Bertz CT molecular complexity index is 1420. The molecule has 0 aliphatic rings. The van der Waals surface area contributed by atoms with Gasteiger partial charge in [-0.1, -0.05) is 62.4 Å². The van der Waals surface area contributed by atoms with E-state index in [1.165, 1.54) is 37.3 Å².